The molecule has 0 amide bonds. The number of rotatable bonds is 12. The van der Waals surface area contributed by atoms with E-state index in [2.05, 4.69) is 51.6 Å². The van der Waals surface area contributed by atoms with Crippen molar-refractivity contribution < 1.29 is 23.0 Å². The third kappa shape index (κ3) is 11.8. The Kier molecular flexibility index (Phi) is 12.3. The quantitative estimate of drug-likeness (QED) is 0.551. The van der Waals surface area contributed by atoms with E-state index in [1.165, 1.54) is 0 Å². The summed E-state index contributed by atoms with van der Waals surface area (Å²) in [6.45, 7) is 12.9. The molecule has 0 radical (unpaired) electrons. The number of nitrogens with zero attached hydrogens (tertiary/aromatic N) is 2. The molecule has 0 aliphatic heterocycles. The molecule has 119 valence electrons. The normalized spacial score (nSPS) is 15.4. The van der Waals surface area contributed by atoms with Gasteiger partial charge < -0.3 is 0 Å². The molecular weight excluding hydrogens is 287 g/mol. The topological polar surface area (TPSA) is 24.9 Å². The minimum absolute atomic E-state index is 0.250. The van der Waals surface area contributed by atoms with Crippen molar-refractivity contribution in [3.05, 3.63) is 0 Å². The van der Waals surface area contributed by atoms with Crippen molar-refractivity contribution in [2.45, 2.75) is 52.7 Å². The molecule has 0 N–H and O–H groups in total. The third-order valence-electron chi connectivity index (χ3n) is 3.25. The zero-order chi connectivity index (χ0) is 14.7. The monoisotopic (exact) mass is 319 g/mol. The number of hydrogen-bond acceptors (Lipinski definition) is 4. The second kappa shape index (κ2) is 12.1. The molecule has 19 heavy (non-hydrogen) atoms. The van der Waals surface area contributed by atoms with E-state index in [4.69, 9.17) is 7.70 Å². The molecule has 0 aromatic rings. The van der Waals surface area contributed by atoms with Gasteiger partial charge in [-0.3, -0.25) is 0 Å². The summed E-state index contributed by atoms with van der Waals surface area (Å²) in [6, 6.07) is 0. The second-order valence-corrected chi connectivity index (χ2v) is 5.87. The molecule has 0 saturated carbocycles. The maximum absolute atomic E-state index is 5.65. The van der Waals surface area contributed by atoms with Gasteiger partial charge in [-0.15, -0.1) is 0 Å². The zero-order valence-corrected chi connectivity index (χ0v) is 14.5. The molecule has 0 spiro atoms. The van der Waals surface area contributed by atoms with E-state index in [0.717, 1.165) is 39.0 Å². The van der Waals surface area contributed by atoms with Crippen LogP contribution in [0.4, 0.5) is 0 Å². The summed E-state index contributed by atoms with van der Waals surface area (Å²) in [5.41, 5.74) is 0. The van der Waals surface area contributed by atoms with Crippen molar-refractivity contribution in [3.63, 3.8) is 0 Å². The molecular formula is C14H32CoN2O2. The number of hydrogen-bond donors (Lipinski definition) is 0. The summed E-state index contributed by atoms with van der Waals surface area (Å²) < 4.78 is 11.3. The molecule has 0 saturated heterocycles. The molecule has 0 fully saturated rings. The Morgan fingerprint density at radius 3 is 1.53 bits per heavy atom. The van der Waals surface area contributed by atoms with Crippen molar-refractivity contribution in [2.24, 2.45) is 0 Å². The Labute approximate surface area is 126 Å². The second-order valence-electron chi connectivity index (χ2n) is 5.20. The van der Waals surface area contributed by atoms with Crippen molar-refractivity contribution in [1.29, 1.82) is 0 Å². The van der Waals surface area contributed by atoms with E-state index in [1.54, 1.807) is 0 Å². The van der Waals surface area contributed by atoms with Gasteiger partial charge >= 0.3 is 126 Å². The fourth-order valence-corrected chi connectivity index (χ4v) is 1.97. The summed E-state index contributed by atoms with van der Waals surface area (Å²) in [4.78, 5) is 4.58. The van der Waals surface area contributed by atoms with Gasteiger partial charge in [-0.2, -0.15) is 0 Å². The van der Waals surface area contributed by atoms with Crippen molar-refractivity contribution >= 4 is 0 Å². The Morgan fingerprint density at radius 1 is 0.842 bits per heavy atom. The van der Waals surface area contributed by atoms with Crippen LogP contribution in [-0.2, 0) is 23.0 Å². The van der Waals surface area contributed by atoms with E-state index >= 15 is 0 Å². The summed E-state index contributed by atoms with van der Waals surface area (Å²) >= 11 is 0.688. The van der Waals surface area contributed by atoms with Crippen LogP contribution in [-0.4, -0.2) is 62.3 Å². The van der Waals surface area contributed by atoms with Crippen LogP contribution in [0, 0.1) is 0 Å². The van der Waals surface area contributed by atoms with Gasteiger partial charge in [0.2, 0.25) is 0 Å². The van der Waals surface area contributed by atoms with E-state index in [9.17, 15) is 0 Å². The third-order valence-corrected chi connectivity index (χ3v) is 4.28. The molecule has 0 rings (SSSR count). The average Bonchev–Trinajstić information content (AvgIpc) is 2.41. The molecule has 0 aromatic carbocycles. The molecule has 4 nitrogen and oxygen atoms in total. The minimum atomic E-state index is 0.250. The van der Waals surface area contributed by atoms with Crippen LogP contribution in [0.5, 0.6) is 0 Å². The van der Waals surface area contributed by atoms with Crippen molar-refractivity contribution in [1.82, 2.24) is 9.80 Å². The molecule has 2 unspecified atom stereocenters. The van der Waals surface area contributed by atoms with E-state index < -0.39 is 0 Å². The first-order valence-electron chi connectivity index (χ1n) is 7.29. The van der Waals surface area contributed by atoms with E-state index in [-0.39, 0.29) is 12.2 Å². The Balaban J connectivity index is 3.50. The summed E-state index contributed by atoms with van der Waals surface area (Å²) in [7, 11) is 4.26. The first-order chi connectivity index (χ1) is 8.99. The Morgan fingerprint density at radius 2 is 1.21 bits per heavy atom. The predicted molar refractivity (Wildman–Crippen MR) is 76.7 cm³/mol. The average molecular weight is 319 g/mol. The van der Waals surface area contributed by atoms with Gasteiger partial charge in [0, 0.05) is 0 Å². The summed E-state index contributed by atoms with van der Waals surface area (Å²) in [5, 5.41) is 0. The van der Waals surface area contributed by atoms with Crippen LogP contribution >= 0.6 is 0 Å². The van der Waals surface area contributed by atoms with E-state index in [1.807, 2.05) is 0 Å². The van der Waals surface area contributed by atoms with Gasteiger partial charge in [-0.1, -0.05) is 0 Å². The predicted octanol–water partition coefficient (Wildman–Crippen LogP) is 2.39. The van der Waals surface area contributed by atoms with Gasteiger partial charge in [0.25, 0.3) is 0 Å². The summed E-state index contributed by atoms with van der Waals surface area (Å²) in [6.07, 6.45) is 2.60. The molecule has 0 heterocycles. The van der Waals surface area contributed by atoms with Crippen LogP contribution in [0.15, 0.2) is 0 Å². The molecule has 0 bridgehead atoms. The molecule has 0 aliphatic rings. The van der Waals surface area contributed by atoms with Gasteiger partial charge in [-0.05, 0) is 0 Å². The maximum atomic E-state index is 5.65. The van der Waals surface area contributed by atoms with Crippen LogP contribution in [0.3, 0.4) is 0 Å². The SMILES string of the molecule is CCN(C)CCC(C)[O][Co][O]C(C)CCN(C)CC. The first-order valence-corrected chi connectivity index (χ1v) is 8.14. The van der Waals surface area contributed by atoms with Crippen LogP contribution in [0.25, 0.3) is 0 Å². The van der Waals surface area contributed by atoms with Crippen LogP contribution in [0.2, 0.25) is 0 Å². The van der Waals surface area contributed by atoms with E-state index in [0.29, 0.717) is 15.3 Å². The van der Waals surface area contributed by atoms with Crippen molar-refractivity contribution in [3.8, 4) is 0 Å². The van der Waals surface area contributed by atoms with Crippen LogP contribution in [0.1, 0.15) is 40.5 Å². The molecule has 0 aromatic heterocycles. The standard InChI is InChI=1S/2C7H16NO.Co/c2*1-4-8(3)6-5-7(2)9;/h2*7H,4-6H2,1-3H3;/q2*-1;+2. The fraction of sp³-hybridized carbons (Fsp3) is 1.00. The van der Waals surface area contributed by atoms with Gasteiger partial charge in [0.15, 0.2) is 0 Å². The fourth-order valence-electron chi connectivity index (χ4n) is 1.33. The van der Waals surface area contributed by atoms with Gasteiger partial charge in [-0.25, -0.2) is 0 Å². The molecule has 0 aliphatic carbocycles. The first kappa shape index (κ1) is 19.3. The van der Waals surface area contributed by atoms with Gasteiger partial charge in [0.05, 0.1) is 0 Å². The Bertz CT molecular complexity index is 188. The van der Waals surface area contributed by atoms with Gasteiger partial charge in [0.1, 0.15) is 0 Å². The van der Waals surface area contributed by atoms with Crippen molar-refractivity contribution in [2.75, 3.05) is 40.3 Å². The summed E-state index contributed by atoms with van der Waals surface area (Å²) in [5.74, 6) is 0. The zero-order valence-electron chi connectivity index (χ0n) is 13.4. The molecule has 2 atom stereocenters. The molecule has 5 heteroatoms. The Hall–Kier alpha value is 0.346. The van der Waals surface area contributed by atoms with Crippen LogP contribution < -0.4 is 0 Å².